The minimum Gasteiger partial charge on any atom is -0.340 e. The quantitative estimate of drug-likeness (QED) is 0.902. The Balaban J connectivity index is 1.73. The fourth-order valence-corrected chi connectivity index (χ4v) is 2.59. The number of nitrogens with zero attached hydrogens (tertiary/aromatic N) is 2. The van der Waals surface area contributed by atoms with Crippen LogP contribution in [0.4, 0.5) is 5.69 Å². The smallest absolute Gasteiger partial charge is 0.243 e. The summed E-state index contributed by atoms with van der Waals surface area (Å²) in [6, 6.07) is 7.84. The predicted octanol–water partition coefficient (Wildman–Crippen LogP) is 1.44. The molecule has 1 aliphatic carbocycles. The zero-order chi connectivity index (χ0) is 14.3. The van der Waals surface area contributed by atoms with Gasteiger partial charge in [-0.1, -0.05) is 12.1 Å². The SMILES string of the molecule is CN(Cc1ccc2c(c1)CC(=O)N2)C(=O)C1(C#N)CC1. The van der Waals surface area contributed by atoms with Crippen molar-refractivity contribution in [2.45, 2.75) is 25.8 Å². The monoisotopic (exact) mass is 269 g/mol. The van der Waals surface area contributed by atoms with Crippen LogP contribution in [0.1, 0.15) is 24.0 Å². The molecule has 5 nitrogen and oxygen atoms in total. The normalized spacial score (nSPS) is 17.9. The van der Waals surface area contributed by atoms with Gasteiger partial charge in [0.15, 0.2) is 0 Å². The molecule has 3 rings (SSSR count). The number of carbonyl (C=O) groups is 2. The van der Waals surface area contributed by atoms with Crippen molar-refractivity contribution in [2.75, 3.05) is 12.4 Å². The lowest BCUT2D eigenvalue weighted by Gasteiger charge is -2.20. The minimum atomic E-state index is -0.775. The number of hydrogen-bond donors (Lipinski definition) is 1. The fourth-order valence-electron chi connectivity index (χ4n) is 2.59. The molecule has 0 spiro atoms. The van der Waals surface area contributed by atoms with Crippen LogP contribution in [0.3, 0.4) is 0 Å². The molecule has 2 amide bonds. The van der Waals surface area contributed by atoms with Gasteiger partial charge >= 0.3 is 0 Å². The summed E-state index contributed by atoms with van der Waals surface area (Å²) in [5, 5.41) is 11.8. The topological polar surface area (TPSA) is 73.2 Å². The number of rotatable bonds is 3. The molecule has 0 unspecified atom stereocenters. The summed E-state index contributed by atoms with van der Waals surface area (Å²) in [4.78, 5) is 25.1. The van der Waals surface area contributed by atoms with Crippen LogP contribution in [-0.4, -0.2) is 23.8 Å². The number of amides is 2. The van der Waals surface area contributed by atoms with E-state index in [4.69, 9.17) is 5.26 Å². The standard InChI is InChI=1S/C15H15N3O2/c1-18(14(20)15(9-16)4-5-15)8-10-2-3-12-11(6-10)7-13(19)17-12/h2-3,6H,4-5,7-8H2,1H3,(H,17,19). The molecular weight excluding hydrogens is 254 g/mol. The number of benzene rings is 1. The zero-order valence-corrected chi connectivity index (χ0v) is 11.3. The van der Waals surface area contributed by atoms with Gasteiger partial charge in [0.25, 0.3) is 0 Å². The Bertz CT molecular complexity index is 641. The third-order valence-electron chi connectivity index (χ3n) is 3.93. The molecule has 0 atom stereocenters. The van der Waals surface area contributed by atoms with Crippen molar-refractivity contribution in [2.24, 2.45) is 5.41 Å². The largest absolute Gasteiger partial charge is 0.340 e. The van der Waals surface area contributed by atoms with E-state index < -0.39 is 5.41 Å². The van der Waals surface area contributed by atoms with Gasteiger partial charge in [-0.05, 0) is 30.0 Å². The van der Waals surface area contributed by atoms with E-state index in [1.807, 2.05) is 18.2 Å². The van der Waals surface area contributed by atoms with Crippen LogP contribution >= 0.6 is 0 Å². The first-order valence-electron chi connectivity index (χ1n) is 6.62. The van der Waals surface area contributed by atoms with Gasteiger partial charge < -0.3 is 10.2 Å². The maximum atomic E-state index is 12.2. The molecule has 1 aliphatic heterocycles. The number of fused-ring (bicyclic) bond motifs is 1. The summed E-state index contributed by atoms with van der Waals surface area (Å²) in [6.07, 6.45) is 1.72. The minimum absolute atomic E-state index is 0.00277. The summed E-state index contributed by atoms with van der Waals surface area (Å²) < 4.78 is 0. The highest BCUT2D eigenvalue weighted by atomic mass is 16.2. The maximum absolute atomic E-state index is 12.2. The molecule has 20 heavy (non-hydrogen) atoms. The molecule has 2 aliphatic rings. The summed E-state index contributed by atoms with van der Waals surface area (Å²) >= 11 is 0. The van der Waals surface area contributed by atoms with Gasteiger partial charge in [0.1, 0.15) is 5.41 Å². The van der Waals surface area contributed by atoms with E-state index in [1.165, 1.54) is 0 Å². The predicted molar refractivity (Wildman–Crippen MR) is 72.5 cm³/mol. The highest BCUT2D eigenvalue weighted by Crippen LogP contribution is 2.46. The van der Waals surface area contributed by atoms with Crippen molar-refractivity contribution in [1.29, 1.82) is 5.26 Å². The average Bonchev–Trinajstić information content (AvgIpc) is 3.14. The maximum Gasteiger partial charge on any atom is 0.243 e. The molecule has 1 saturated carbocycles. The number of nitriles is 1. The van der Waals surface area contributed by atoms with Crippen molar-refractivity contribution in [3.63, 3.8) is 0 Å². The number of hydrogen-bond acceptors (Lipinski definition) is 3. The van der Waals surface area contributed by atoms with Crippen LogP contribution in [-0.2, 0) is 22.6 Å². The summed E-state index contributed by atoms with van der Waals surface area (Å²) in [5.74, 6) is -0.0994. The fraction of sp³-hybridized carbons (Fsp3) is 0.400. The lowest BCUT2D eigenvalue weighted by molar-refractivity contribution is -0.134. The van der Waals surface area contributed by atoms with Crippen molar-refractivity contribution in [3.8, 4) is 6.07 Å². The first-order valence-corrected chi connectivity index (χ1v) is 6.62. The average molecular weight is 269 g/mol. The summed E-state index contributed by atoms with van der Waals surface area (Å²) in [7, 11) is 1.72. The van der Waals surface area contributed by atoms with E-state index in [1.54, 1.807) is 11.9 Å². The van der Waals surface area contributed by atoms with E-state index in [0.717, 1.165) is 16.8 Å². The lowest BCUT2D eigenvalue weighted by atomic mass is 10.1. The molecular formula is C15H15N3O2. The second-order valence-corrected chi connectivity index (χ2v) is 5.57. The molecule has 1 aromatic rings. The molecule has 1 N–H and O–H groups in total. The van der Waals surface area contributed by atoms with E-state index in [2.05, 4.69) is 11.4 Å². The van der Waals surface area contributed by atoms with Crippen molar-refractivity contribution in [1.82, 2.24) is 4.90 Å². The number of anilines is 1. The molecule has 0 bridgehead atoms. The second-order valence-electron chi connectivity index (χ2n) is 5.57. The molecule has 1 heterocycles. The molecule has 0 radical (unpaired) electrons. The summed E-state index contributed by atoms with van der Waals surface area (Å²) in [6.45, 7) is 0.462. The van der Waals surface area contributed by atoms with E-state index >= 15 is 0 Å². The molecule has 0 aromatic heterocycles. The number of carbonyl (C=O) groups excluding carboxylic acids is 2. The Morgan fingerprint density at radius 3 is 2.90 bits per heavy atom. The van der Waals surface area contributed by atoms with Gasteiger partial charge in [-0.15, -0.1) is 0 Å². The van der Waals surface area contributed by atoms with E-state index in [9.17, 15) is 9.59 Å². The molecule has 0 saturated heterocycles. The van der Waals surface area contributed by atoms with E-state index in [-0.39, 0.29) is 11.8 Å². The molecule has 1 fully saturated rings. The van der Waals surface area contributed by atoms with Crippen LogP contribution in [0.2, 0.25) is 0 Å². The second kappa shape index (κ2) is 4.34. The third kappa shape index (κ3) is 2.03. The van der Waals surface area contributed by atoms with Crippen molar-refractivity contribution < 1.29 is 9.59 Å². The Hall–Kier alpha value is -2.35. The summed E-state index contributed by atoms with van der Waals surface area (Å²) in [5.41, 5.74) is 2.02. The van der Waals surface area contributed by atoms with Crippen LogP contribution in [0.5, 0.6) is 0 Å². The van der Waals surface area contributed by atoms with Crippen molar-refractivity contribution >= 4 is 17.5 Å². The van der Waals surface area contributed by atoms with Crippen molar-refractivity contribution in [3.05, 3.63) is 29.3 Å². The third-order valence-corrected chi connectivity index (χ3v) is 3.93. The Morgan fingerprint density at radius 2 is 2.25 bits per heavy atom. The van der Waals surface area contributed by atoms with E-state index in [0.29, 0.717) is 25.8 Å². The highest BCUT2D eigenvalue weighted by molar-refractivity contribution is 5.99. The number of nitrogens with one attached hydrogen (secondary N) is 1. The van der Waals surface area contributed by atoms with Gasteiger partial charge in [-0.2, -0.15) is 5.26 Å². The first kappa shape index (κ1) is 12.7. The Kier molecular flexibility index (Phi) is 2.75. The molecule has 102 valence electrons. The zero-order valence-electron chi connectivity index (χ0n) is 11.3. The molecule has 5 heteroatoms. The van der Waals surface area contributed by atoms with Crippen LogP contribution in [0.25, 0.3) is 0 Å². The first-order chi connectivity index (χ1) is 9.54. The Morgan fingerprint density at radius 1 is 1.50 bits per heavy atom. The van der Waals surface area contributed by atoms with Gasteiger partial charge in [-0.25, -0.2) is 0 Å². The van der Waals surface area contributed by atoms with Gasteiger partial charge in [0.2, 0.25) is 11.8 Å². The highest BCUT2D eigenvalue weighted by Gasteiger charge is 2.51. The van der Waals surface area contributed by atoms with Gasteiger partial charge in [-0.3, -0.25) is 9.59 Å². The van der Waals surface area contributed by atoms with Crippen LogP contribution < -0.4 is 5.32 Å². The van der Waals surface area contributed by atoms with Gasteiger partial charge in [0.05, 0.1) is 12.5 Å². The molecule has 1 aromatic carbocycles. The Labute approximate surface area is 117 Å². The van der Waals surface area contributed by atoms with Crippen LogP contribution in [0.15, 0.2) is 18.2 Å². The van der Waals surface area contributed by atoms with Gasteiger partial charge in [0, 0.05) is 19.3 Å². The van der Waals surface area contributed by atoms with Crippen LogP contribution in [0, 0.1) is 16.7 Å². The lowest BCUT2D eigenvalue weighted by Crippen LogP contribution is -2.33.